The normalized spacial score (nSPS) is 10.1. The summed E-state index contributed by atoms with van der Waals surface area (Å²) in [6.45, 7) is 4.29. The highest BCUT2D eigenvalue weighted by molar-refractivity contribution is 9.10. The number of benzene rings is 2. The van der Waals surface area contributed by atoms with Gasteiger partial charge in [-0.05, 0) is 49.2 Å². The Morgan fingerprint density at radius 2 is 1.85 bits per heavy atom. The number of nitriles is 1. The van der Waals surface area contributed by atoms with E-state index in [0.717, 1.165) is 26.9 Å². The molecular weight excluding hydrogens is 316 g/mol. The summed E-state index contributed by atoms with van der Waals surface area (Å²) in [6.07, 6.45) is 0. The van der Waals surface area contributed by atoms with Gasteiger partial charge in [0.1, 0.15) is 12.4 Å². The lowest BCUT2D eigenvalue weighted by atomic mass is 10.1. The van der Waals surface area contributed by atoms with Crippen LogP contribution in [-0.2, 0) is 6.61 Å². The number of hydrogen-bond acceptors (Lipinski definition) is 3. The first-order chi connectivity index (χ1) is 9.51. The monoisotopic (exact) mass is 330 g/mol. The number of hydrogen-bond donors (Lipinski definition) is 1. The minimum Gasteiger partial charge on any atom is -0.488 e. The van der Waals surface area contributed by atoms with Crippen molar-refractivity contribution >= 4 is 21.6 Å². The standard InChI is InChI=1S/C16H15BrN2O/c1-10-5-12(8-18)6-11(2)16(10)20-9-13-3-4-14(17)7-15(13)19/h3-7H,9,19H2,1-2H3. The minimum absolute atomic E-state index is 0.409. The molecule has 0 aromatic heterocycles. The Labute approximate surface area is 127 Å². The summed E-state index contributed by atoms with van der Waals surface area (Å²) in [6, 6.07) is 11.5. The van der Waals surface area contributed by atoms with E-state index < -0.39 is 0 Å². The molecule has 3 nitrogen and oxygen atoms in total. The lowest BCUT2D eigenvalue weighted by Crippen LogP contribution is -2.02. The molecule has 0 aliphatic rings. The average Bonchev–Trinajstić information content (AvgIpc) is 2.39. The largest absolute Gasteiger partial charge is 0.488 e. The molecule has 0 atom stereocenters. The van der Waals surface area contributed by atoms with Gasteiger partial charge in [-0.3, -0.25) is 0 Å². The van der Waals surface area contributed by atoms with Gasteiger partial charge in [0, 0.05) is 15.7 Å². The maximum atomic E-state index is 8.94. The molecule has 0 amide bonds. The van der Waals surface area contributed by atoms with Crippen molar-refractivity contribution in [1.29, 1.82) is 5.26 Å². The molecule has 2 N–H and O–H groups in total. The average molecular weight is 331 g/mol. The number of rotatable bonds is 3. The number of nitrogen functional groups attached to an aromatic ring is 1. The highest BCUT2D eigenvalue weighted by atomic mass is 79.9. The lowest BCUT2D eigenvalue weighted by molar-refractivity contribution is 0.302. The Hall–Kier alpha value is -1.99. The zero-order valence-electron chi connectivity index (χ0n) is 11.4. The molecule has 2 aromatic rings. The maximum absolute atomic E-state index is 8.94. The summed E-state index contributed by atoms with van der Waals surface area (Å²) in [7, 11) is 0. The van der Waals surface area contributed by atoms with Gasteiger partial charge in [-0.15, -0.1) is 0 Å². The summed E-state index contributed by atoms with van der Waals surface area (Å²) in [5.74, 6) is 0.811. The van der Waals surface area contributed by atoms with E-state index in [2.05, 4.69) is 22.0 Å². The second-order valence-electron chi connectivity index (χ2n) is 4.68. The van der Waals surface area contributed by atoms with Crippen molar-refractivity contribution in [3.05, 3.63) is 57.1 Å². The van der Waals surface area contributed by atoms with Gasteiger partial charge in [0.15, 0.2) is 0 Å². The highest BCUT2D eigenvalue weighted by Gasteiger charge is 2.08. The molecule has 2 aromatic carbocycles. The molecule has 0 fully saturated rings. The van der Waals surface area contributed by atoms with E-state index in [-0.39, 0.29) is 0 Å². The fraction of sp³-hybridized carbons (Fsp3) is 0.188. The molecule has 0 aliphatic carbocycles. The van der Waals surface area contributed by atoms with Crippen LogP contribution in [0.1, 0.15) is 22.3 Å². The van der Waals surface area contributed by atoms with Crippen molar-refractivity contribution in [3.63, 3.8) is 0 Å². The lowest BCUT2D eigenvalue weighted by Gasteiger charge is -2.13. The third-order valence-corrected chi connectivity index (χ3v) is 3.56. The molecule has 4 heteroatoms. The van der Waals surface area contributed by atoms with E-state index in [1.807, 2.05) is 44.2 Å². The van der Waals surface area contributed by atoms with E-state index in [4.69, 9.17) is 15.7 Å². The van der Waals surface area contributed by atoms with Crippen LogP contribution >= 0.6 is 15.9 Å². The summed E-state index contributed by atoms with van der Waals surface area (Å²) >= 11 is 3.38. The summed E-state index contributed by atoms with van der Waals surface area (Å²) < 4.78 is 6.82. The van der Waals surface area contributed by atoms with Crippen LogP contribution in [-0.4, -0.2) is 0 Å². The second-order valence-corrected chi connectivity index (χ2v) is 5.60. The zero-order valence-corrected chi connectivity index (χ0v) is 13.0. The Balaban J connectivity index is 2.21. The number of halogens is 1. The van der Waals surface area contributed by atoms with Crippen molar-refractivity contribution < 1.29 is 4.74 Å². The fourth-order valence-corrected chi connectivity index (χ4v) is 2.47. The van der Waals surface area contributed by atoms with Gasteiger partial charge >= 0.3 is 0 Å². The third-order valence-electron chi connectivity index (χ3n) is 3.07. The maximum Gasteiger partial charge on any atom is 0.125 e. The number of ether oxygens (including phenoxy) is 1. The predicted molar refractivity (Wildman–Crippen MR) is 83.5 cm³/mol. The van der Waals surface area contributed by atoms with Crippen molar-refractivity contribution in [2.45, 2.75) is 20.5 Å². The van der Waals surface area contributed by atoms with Crippen LogP contribution in [0.5, 0.6) is 5.75 Å². The van der Waals surface area contributed by atoms with Gasteiger partial charge < -0.3 is 10.5 Å². The van der Waals surface area contributed by atoms with Crippen LogP contribution in [0.4, 0.5) is 5.69 Å². The smallest absolute Gasteiger partial charge is 0.125 e. The van der Waals surface area contributed by atoms with Gasteiger partial charge in [0.05, 0.1) is 11.6 Å². The molecule has 0 saturated heterocycles. The second kappa shape index (κ2) is 5.98. The van der Waals surface area contributed by atoms with Gasteiger partial charge in [0.25, 0.3) is 0 Å². The number of nitrogens with zero attached hydrogens (tertiary/aromatic N) is 1. The molecular formula is C16H15BrN2O. The SMILES string of the molecule is Cc1cc(C#N)cc(C)c1OCc1ccc(Br)cc1N. The van der Waals surface area contributed by atoms with E-state index in [1.165, 1.54) is 0 Å². The zero-order chi connectivity index (χ0) is 14.7. The highest BCUT2D eigenvalue weighted by Crippen LogP contribution is 2.27. The van der Waals surface area contributed by atoms with Crippen molar-refractivity contribution in [2.75, 3.05) is 5.73 Å². The van der Waals surface area contributed by atoms with Crippen molar-refractivity contribution in [3.8, 4) is 11.8 Å². The molecule has 0 saturated carbocycles. The van der Waals surface area contributed by atoms with Gasteiger partial charge in [-0.25, -0.2) is 0 Å². The van der Waals surface area contributed by atoms with E-state index >= 15 is 0 Å². The molecule has 0 spiro atoms. The van der Waals surface area contributed by atoms with Crippen LogP contribution < -0.4 is 10.5 Å². The number of anilines is 1. The molecule has 0 heterocycles. The van der Waals surface area contributed by atoms with Gasteiger partial charge in [-0.1, -0.05) is 22.0 Å². The Kier molecular flexibility index (Phi) is 4.31. The summed E-state index contributed by atoms with van der Waals surface area (Å²) in [4.78, 5) is 0. The van der Waals surface area contributed by atoms with Crippen molar-refractivity contribution in [2.24, 2.45) is 0 Å². The van der Waals surface area contributed by atoms with Gasteiger partial charge in [0.2, 0.25) is 0 Å². The number of nitrogens with two attached hydrogens (primary N) is 1. The molecule has 0 radical (unpaired) electrons. The molecule has 102 valence electrons. The summed E-state index contributed by atoms with van der Waals surface area (Å²) in [5, 5.41) is 8.94. The Bertz CT molecular complexity index is 666. The first kappa shape index (κ1) is 14.4. The summed E-state index contributed by atoms with van der Waals surface area (Å²) in [5.41, 5.74) is 10.2. The first-order valence-electron chi connectivity index (χ1n) is 6.19. The van der Waals surface area contributed by atoms with Crippen molar-refractivity contribution in [1.82, 2.24) is 0 Å². The topological polar surface area (TPSA) is 59.0 Å². The first-order valence-corrected chi connectivity index (χ1v) is 6.98. The van der Waals surface area contributed by atoms with Gasteiger partial charge in [-0.2, -0.15) is 5.26 Å². The molecule has 0 unspecified atom stereocenters. The Morgan fingerprint density at radius 1 is 1.20 bits per heavy atom. The van der Waals surface area contributed by atoms with Crippen LogP contribution in [0.2, 0.25) is 0 Å². The Morgan fingerprint density at radius 3 is 2.40 bits per heavy atom. The molecule has 0 bridgehead atoms. The fourth-order valence-electron chi connectivity index (χ4n) is 2.09. The quantitative estimate of drug-likeness (QED) is 0.862. The van der Waals surface area contributed by atoms with E-state index in [0.29, 0.717) is 17.9 Å². The van der Waals surface area contributed by atoms with Crippen LogP contribution in [0.3, 0.4) is 0 Å². The third kappa shape index (κ3) is 3.12. The predicted octanol–water partition coefficient (Wildman–Crippen LogP) is 4.10. The van der Waals surface area contributed by atoms with E-state index in [1.54, 1.807) is 0 Å². The van der Waals surface area contributed by atoms with Crippen LogP contribution in [0.25, 0.3) is 0 Å². The van der Waals surface area contributed by atoms with Crippen LogP contribution in [0.15, 0.2) is 34.8 Å². The molecule has 2 rings (SSSR count). The molecule has 20 heavy (non-hydrogen) atoms. The minimum atomic E-state index is 0.409. The van der Waals surface area contributed by atoms with E-state index in [9.17, 15) is 0 Å². The molecule has 0 aliphatic heterocycles. The number of aryl methyl sites for hydroxylation is 2. The van der Waals surface area contributed by atoms with Crippen LogP contribution in [0, 0.1) is 25.2 Å².